The third-order valence-corrected chi connectivity index (χ3v) is 59.9. The fourth-order valence-electron chi connectivity index (χ4n) is 77.9. The van der Waals surface area contributed by atoms with Crippen LogP contribution in [0.15, 0.2) is 0 Å². The van der Waals surface area contributed by atoms with Crippen LogP contribution in [0.25, 0.3) is 0 Å². The third kappa shape index (κ3) is 0.406. The molecular weight excluding hydrogens is 793 g/mol. The lowest BCUT2D eigenvalue weighted by Gasteiger charge is -3.74. The normalized spacial score (nSPS) is 149. The molecular formula is C66H34. The molecule has 0 saturated heterocycles. The van der Waals surface area contributed by atoms with Gasteiger partial charge in [0.15, 0.2) is 0 Å². The lowest BCUT2D eigenvalue weighted by atomic mass is 8.28. The van der Waals surface area contributed by atoms with Gasteiger partial charge >= 0.3 is 0 Å². The lowest BCUT2D eigenvalue weighted by Crippen LogP contribution is -3.73. The summed E-state index contributed by atoms with van der Waals surface area (Å²) in [5.74, 6) is 37.0. The predicted molar refractivity (Wildman–Crippen MR) is 197 cm³/mol. The molecule has 66 heavy (non-hydrogen) atoms. The first-order valence-electron chi connectivity index (χ1n) is 32.9. The van der Waals surface area contributed by atoms with E-state index >= 15 is 0 Å². The fourth-order valence-corrected chi connectivity index (χ4v) is 77.9. The van der Waals surface area contributed by atoms with Crippen molar-refractivity contribution in [3.05, 3.63) is 0 Å². The Morgan fingerprint density at radius 3 is 0.485 bits per heavy atom. The molecule has 0 aromatic rings. The predicted octanol–water partition coefficient (Wildman–Crippen LogP) is 4.76. The van der Waals surface area contributed by atoms with Crippen LogP contribution in [-0.2, 0) is 0 Å². The molecule has 0 aliphatic heterocycles. The summed E-state index contributed by atoms with van der Waals surface area (Å²) in [4.78, 5) is 0. The Labute approximate surface area is 372 Å². The SMILES string of the molecule is C1C2C3C4C5CC6C7C8C9C%10[C@@H]%11C%12C%13C%14CC%15C%16C%17C%18CC%19C%20C%21C%22C%23C%24C%25C%26C1C21C32C43C56C74C85C96C78C59C34C23C%261C%251C%242C7(C139)C13C%232[C@]%222C%214C%205C%18%19C%177C%169C%15%14C%13%14C9%13C75C45C%134C%12%14[C@]%117C%106C81[C@@]47[C@]532. The van der Waals surface area contributed by atoms with Gasteiger partial charge in [-0.3, -0.25) is 0 Å². The molecule has 36 spiro atoms. The minimum atomic E-state index is 1.11. The van der Waals surface area contributed by atoms with Gasteiger partial charge in [-0.05, 0) is 374 Å². The maximum atomic E-state index is 1.88. The van der Waals surface area contributed by atoms with E-state index in [4.69, 9.17) is 0 Å². The van der Waals surface area contributed by atoms with Crippen molar-refractivity contribution in [1.82, 2.24) is 0 Å². The molecule has 0 bridgehead atoms. The van der Waals surface area contributed by atoms with Gasteiger partial charge in [-0.2, -0.15) is 0 Å². The first kappa shape index (κ1) is 21.1. The first-order chi connectivity index (χ1) is 32.9. The van der Waals surface area contributed by atoms with Crippen LogP contribution in [0.3, 0.4) is 0 Å². The average Bonchev–Trinajstić information content (AvgIpc) is 0.812. The van der Waals surface area contributed by atoms with Crippen LogP contribution in [0.5, 0.6) is 0 Å². The molecule has 50 aliphatic rings. The minimum Gasteiger partial charge on any atom is -0.0458 e. The highest BCUT2D eigenvalue weighted by molar-refractivity contribution is 6.22. The maximum Gasteiger partial charge on any atom is -0.000370 e. The maximum absolute atomic E-state index is 1.88. The Balaban J connectivity index is 0.736. The molecule has 0 N–H and O–H groups in total. The van der Waals surface area contributed by atoms with E-state index in [1.807, 2.05) is 25.7 Å². The molecule has 298 valence electrons. The highest BCUT2D eigenvalue weighted by atomic mass is 15.8. The Bertz CT molecular complexity index is 4310. The van der Waals surface area contributed by atoms with E-state index in [9.17, 15) is 0 Å². The van der Waals surface area contributed by atoms with Crippen LogP contribution in [0.1, 0.15) is 25.7 Å². The van der Waals surface area contributed by atoms with Gasteiger partial charge in [0.05, 0.1) is 0 Å². The molecule has 0 nitrogen and oxygen atoms in total. The van der Waals surface area contributed by atoms with Gasteiger partial charge < -0.3 is 0 Å². The Hall–Kier alpha value is 0. The summed E-state index contributed by atoms with van der Waals surface area (Å²) < 4.78 is 0. The second-order valence-corrected chi connectivity index (χ2v) is 43.8. The molecule has 50 saturated carbocycles. The van der Waals surface area contributed by atoms with Crippen LogP contribution in [0.2, 0.25) is 0 Å². The Morgan fingerprint density at radius 1 is 0.136 bits per heavy atom. The van der Waals surface area contributed by atoms with Gasteiger partial charge in [0.25, 0.3) is 0 Å². The summed E-state index contributed by atoms with van der Waals surface area (Å²) in [5.41, 5.74) is 41.2. The van der Waals surface area contributed by atoms with Crippen molar-refractivity contribution in [3.63, 3.8) is 0 Å². The fraction of sp³-hybridized carbons (Fsp3) is 1.00. The van der Waals surface area contributed by atoms with Gasteiger partial charge in [0, 0.05) is 0 Å². The molecule has 57 unspecified atom stereocenters. The zero-order valence-corrected chi connectivity index (χ0v) is 35.8. The van der Waals surface area contributed by atoms with Gasteiger partial charge in [0.2, 0.25) is 0 Å². The largest absolute Gasteiger partial charge is 0.0458 e. The molecule has 50 rings (SSSR count). The van der Waals surface area contributed by atoms with Crippen LogP contribution < -0.4 is 0 Å². The first-order valence-corrected chi connectivity index (χ1v) is 32.9. The second-order valence-electron chi connectivity index (χ2n) is 43.8. The van der Waals surface area contributed by atoms with Crippen molar-refractivity contribution in [1.29, 1.82) is 0 Å². The van der Waals surface area contributed by atoms with Crippen molar-refractivity contribution in [2.75, 3.05) is 0 Å². The molecule has 0 heteroatoms. The third-order valence-electron chi connectivity index (χ3n) is 59.9. The van der Waals surface area contributed by atoms with Crippen LogP contribution in [-0.4, -0.2) is 0 Å². The van der Waals surface area contributed by atoms with Crippen molar-refractivity contribution in [2.24, 2.45) is 349 Å². The summed E-state index contributed by atoms with van der Waals surface area (Å²) in [6, 6.07) is 0. The zero-order valence-electron chi connectivity index (χ0n) is 35.8. The standard InChI is InChI=1S/C66H34/c1-5-13-14-6-2-10-18-23-27-30-28-24-20-12-4-8-16-15-7-3-11-19-22-26-29-25-21-17-9(1)31(5)35(13)36(14)32(6,10)40(18)44(23)49(27)52(30)50(28)46(24)42(20)34(8,12)38(16)37(15)33(7,11)41(19)45(22)48(26)51(29)47(25)43(21)39(17,31)53(35)54(36,40)58(44)57(43,53)61(47)62(49,58)66(52)64(50)60(46)56(38,42)55(37,41)59(45,60)63(48,64)65(51,61)66/h5-30H,1-4H2/t5?,6?,7?,8?,9?,10?,11?,12?,13?,14?,15?,16?,17?,18?,19?,20?,21?,22?,23?,24?,25-,26?,27?,28?,29?,30?,31?,32?,33?,34?,35?,36?,37?,38?,39?,40?,41?,42?,43?,44?,45?,46?,47-,48?,49+,50?,51?,52?,53?,54?,55?,56?,57?,58?,59?,60?,61+,62-,63?,64?,65?,66?/m0/s1. The van der Waals surface area contributed by atoms with E-state index < -0.39 is 0 Å². The van der Waals surface area contributed by atoms with Gasteiger partial charge in [0.1, 0.15) is 0 Å². The number of hydrogen-bond donors (Lipinski definition) is 0. The number of hydrogen-bond acceptors (Lipinski definition) is 0. The van der Waals surface area contributed by atoms with Gasteiger partial charge in [-0.1, -0.05) is 0 Å². The molecule has 0 radical (unpaired) electrons. The molecule has 0 amide bonds. The van der Waals surface area contributed by atoms with Crippen molar-refractivity contribution < 1.29 is 0 Å². The Morgan fingerprint density at radius 2 is 0.273 bits per heavy atom. The highest BCUT2D eigenvalue weighted by Gasteiger charge is 3.78. The molecule has 0 aromatic heterocycles. The summed E-state index contributed by atoms with van der Waals surface area (Å²) in [5, 5.41) is 0. The summed E-state index contributed by atoms with van der Waals surface area (Å²) in [6.07, 6.45) is 7.52. The molecule has 50 aliphatic carbocycles. The smallest absolute Gasteiger partial charge is 0.000370 e. The van der Waals surface area contributed by atoms with E-state index in [0.29, 0.717) is 0 Å². The van der Waals surface area contributed by atoms with Gasteiger partial charge in [-0.15, -0.1) is 0 Å². The number of fused-ring (bicyclic) bond motifs is 22. The van der Waals surface area contributed by atoms with Crippen LogP contribution in [0, 0.1) is 349 Å². The van der Waals surface area contributed by atoms with Crippen LogP contribution in [0.4, 0.5) is 0 Å². The van der Waals surface area contributed by atoms with Crippen LogP contribution >= 0.6 is 0 Å². The molecule has 62 atom stereocenters. The van der Waals surface area contributed by atoms with Crippen molar-refractivity contribution >= 4 is 0 Å². The molecule has 50 fully saturated rings. The number of rotatable bonds is 0. The van der Waals surface area contributed by atoms with E-state index in [1.54, 1.807) is 0 Å². The van der Waals surface area contributed by atoms with Crippen molar-refractivity contribution in [2.45, 2.75) is 25.7 Å². The minimum absolute atomic E-state index is 1.11. The Kier molecular flexibility index (Phi) is 0.958. The summed E-state index contributed by atoms with van der Waals surface area (Å²) in [7, 11) is 0. The van der Waals surface area contributed by atoms with Gasteiger partial charge in [-0.25, -0.2) is 0 Å². The van der Waals surface area contributed by atoms with E-state index in [1.165, 1.54) is 165 Å². The summed E-state index contributed by atoms with van der Waals surface area (Å²) >= 11 is 0. The van der Waals surface area contributed by atoms with E-state index in [-0.39, 0.29) is 0 Å². The molecule has 0 heterocycles. The quantitative estimate of drug-likeness (QED) is 0.331. The van der Waals surface area contributed by atoms with Crippen molar-refractivity contribution in [3.8, 4) is 0 Å². The zero-order chi connectivity index (χ0) is 35.8. The second kappa shape index (κ2) is 3.00. The highest BCUT2D eigenvalue weighted by Crippen LogP contribution is 3.78. The topological polar surface area (TPSA) is 0 Å². The van der Waals surface area contributed by atoms with E-state index in [2.05, 4.69) is 0 Å². The average molecular weight is 827 g/mol. The summed E-state index contributed by atoms with van der Waals surface area (Å²) in [6.45, 7) is 0. The molecule has 0 aromatic carbocycles. The van der Waals surface area contributed by atoms with E-state index in [0.717, 1.165) is 184 Å². The monoisotopic (exact) mass is 826 g/mol. The lowest BCUT2D eigenvalue weighted by molar-refractivity contribution is -1.30.